The number of anilines is 1. The highest BCUT2D eigenvalue weighted by molar-refractivity contribution is 7.92. The number of benzene rings is 2. The first kappa shape index (κ1) is 19.5. The van der Waals surface area contributed by atoms with Crippen molar-refractivity contribution in [1.82, 2.24) is 0 Å². The number of sulfonamides is 1. The van der Waals surface area contributed by atoms with Crippen molar-refractivity contribution >= 4 is 15.7 Å². The molecular weight excluding hydrogens is 330 g/mol. The summed E-state index contributed by atoms with van der Waals surface area (Å²) in [5.74, 6) is 0. The van der Waals surface area contributed by atoms with Gasteiger partial charge in [-0.25, -0.2) is 8.42 Å². The molecule has 0 spiro atoms. The maximum atomic E-state index is 12.4. The second kappa shape index (κ2) is 9.62. The molecule has 136 valence electrons. The third-order valence-corrected chi connectivity index (χ3v) is 5.75. The lowest BCUT2D eigenvalue weighted by Gasteiger charge is -2.09. The van der Waals surface area contributed by atoms with Gasteiger partial charge in [-0.3, -0.25) is 4.72 Å². The molecule has 4 heteroatoms. The van der Waals surface area contributed by atoms with Gasteiger partial charge >= 0.3 is 0 Å². The van der Waals surface area contributed by atoms with Crippen molar-refractivity contribution in [3.8, 4) is 0 Å². The van der Waals surface area contributed by atoms with Gasteiger partial charge in [-0.2, -0.15) is 0 Å². The lowest BCUT2D eigenvalue weighted by atomic mass is 10.0. The molecule has 2 aromatic carbocycles. The number of hydrogen-bond donors (Lipinski definition) is 1. The van der Waals surface area contributed by atoms with E-state index in [-0.39, 0.29) is 4.90 Å². The van der Waals surface area contributed by atoms with Crippen LogP contribution in [0.1, 0.15) is 56.6 Å². The third-order valence-electron chi connectivity index (χ3n) is 4.36. The molecule has 0 saturated carbocycles. The van der Waals surface area contributed by atoms with Crippen LogP contribution in [0, 0.1) is 6.92 Å². The lowest BCUT2D eigenvalue weighted by molar-refractivity contribution is 0.601. The Balaban J connectivity index is 1.86. The van der Waals surface area contributed by atoms with Crippen LogP contribution in [0.4, 0.5) is 5.69 Å². The molecule has 1 N–H and O–H groups in total. The van der Waals surface area contributed by atoms with E-state index in [4.69, 9.17) is 0 Å². The summed E-state index contributed by atoms with van der Waals surface area (Å²) in [4.78, 5) is 0.286. The fourth-order valence-electron chi connectivity index (χ4n) is 2.78. The zero-order valence-corrected chi connectivity index (χ0v) is 16.1. The van der Waals surface area contributed by atoms with E-state index in [1.54, 1.807) is 24.3 Å². The van der Waals surface area contributed by atoms with Crippen LogP contribution in [0.25, 0.3) is 0 Å². The fourth-order valence-corrected chi connectivity index (χ4v) is 3.84. The molecular formula is C21H29NO2S. The molecule has 0 aromatic heterocycles. The van der Waals surface area contributed by atoms with Gasteiger partial charge in [0, 0.05) is 5.69 Å². The Morgan fingerprint density at radius 3 is 2.04 bits per heavy atom. The summed E-state index contributed by atoms with van der Waals surface area (Å²) in [6.45, 7) is 4.17. The van der Waals surface area contributed by atoms with Crippen LogP contribution >= 0.6 is 0 Å². The van der Waals surface area contributed by atoms with E-state index >= 15 is 0 Å². The average Bonchev–Trinajstić information content (AvgIpc) is 2.59. The van der Waals surface area contributed by atoms with Gasteiger partial charge in [0.05, 0.1) is 4.90 Å². The number of nitrogens with one attached hydrogen (secondary N) is 1. The Labute approximate surface area is 152 Å². The van der Waals surface area contributed by atoms with Crippen LogP contribution in [0.3, 0.4) is 0 Å². The minimum Gasteiger partial charge on any atom is -0.280 e. The normalized spacial score (nSPS) is 11.4. The Kier molecular flexibility index (Phi) is 7.51. The summed E-state index contributed by atoms with van der Waals surface area (Å²) in [6.07, 6.45) is 8.76. The van der Waals surface area contributed by atoms with E-state index in [9.17, 15) is 8.42 Å². The molecule has 0 aliphatic heterocycles. The van der Waals surface area contributed by atoms with Gasteiger partial charge < -0.3 is 0 Å². The molecule has 25 heavy (non-hydrogen) atoms. The highest BCUT2D eigenvalue weighted by Gasteiger charge is 2.13. The minimum absolute atomic E-state index is 0.286. The molecule has 0 aliphatic rings. The first-order valence-corrected chi connectivity index (χ1v) is 10.7. The Morgan fingerprint density at radius 2 is 1.40 bits per heavy atom. The van der Waals surface area contributed by atoms with Gasteiger partial charge in [-0.1, -0.05) is 68.9 Å². The monoisotopic (exact) mass is 359 g/mol. The molecule has 0 heterocycles. The van der Waals surface area contributed by atoms with Crippen molar-refractivity contribution in [3.05, 3.63) is 59.7 Å². The smallest absolute Gasteiger partial charge is 0.261 e. The predicted octanol–water partition coefficient (Wildman–Crippen LogP) is 5.70. The molecule has 0 aliphatic carbocycles. The summed E-state index contributed by atoms with van der Waals surface area (Å²) in [7, 11) is -3.52. The number of aryl methyl sites for hydroxylation is 2. The van der Waals surface area contributed by atoms with Crippen LogP contribution < -0.4 is 4.72 Å². The Morgan fingerprint density at radius 1 is 0.800 bits per heavy atom. The first-order chi connectivity index (χ1) is 12.0. The number of unbranched alkanes of at least 4 members (excludes halogenated alkanes) is 5. The molecule has 0 atom stereocenters. The second-order valence-electron chi connectivity index (χ2n) is 6.63. The number of rotatable bonds is 10. The van der Waals surface area contributed by atoms with Crippen LogP contribution in [0.2, 0.25) is 0 Å². The number of hydrogen-bond acceptors (Lipinski definition) is 2. The van der Waals surface area contributed by atoms with Crippen LogP contribution in [0.5, 0.6) is 0 Å². The van der Waals surface area contributed by atoms with Crippen molar-refractivity contribution in [3.63, 3.8) is 0 Å². The van der Waals surface area contributed by atoms with E-state index in [0.29, 0.717) is 5.69 Å². The lowest BCUT2D eigenvalue weighted by Crippen LogP contribution is -2.12. The van der Waals surface area contributed by atoms with Gasteiger partial charge in [-0.05, 0) is 49.6 Å². The summed E-state index contributed by atoms with van der Waals surface area (Å²) in [5, 5.41) is 0. The highest BCUT2D eigenvalue weighted by Crippen LogP contribution is 2.18. The molecule has 0 bridgehead atoms. The highest BCUT2D eigenvalue weighted by atomic mass is 32.2. The first-order valence-electron chi connectivity index (χ1n) is 9.19. The van der Waals surface area contributed by atoms with Crippen molar-refractivity contribution in [2.75, 3.05) is 4.72 Å². The van der Waals surface area contributed by atoms with Crippen molar-refractivity contribution < 1.29 is 8.42 Å². The predicted molar refractivity (Wildman–Crippen MR) is 106 cm³/mol. The fraction of sp³-hybridized carbons (Fsp3) is 0.429. The van der Waals surface area contributed by atoms with Gasteiger partial charge in [-0.15, -0.1) is 0 Å². The largest absolute Gasteiger partial charge is 0.280 e. The SMILES string of the molecule is CCCCCCCCc1ccc(NS(=O)(=O)c2ccc(C)cc2)cc1. The standard InChI is InChI=1S/C21H29NO2S/c1-3-4-5-6-7-8-9-19-12-14-20(15-13-19)22-25(23,24)21-16-10-18(2)11-17-21/h10-17,22H,3-9H2,1-2H3. The summed E-state index contributed by atoms with van der Waals surface area (Å²) < 4.78 is 27.4. The molecule has 0 amide bonds. The quantitative estimate of drug-likeness (QED) is 0.553. The zero-order chi connectivity index (χ0) is 18.1. The minimum atomic E-state index is -3.52. The van der Waals surface area contributed by atoms with Crippen molar-refractivity contribution in [1.29, 1.82) is 0 Å². The van der Waals surface area contributed by atoms with E-state index in [2.05, 4.69) is 11.6 Å². The van der Waals surface area contributed by atoms with E-state index in [0.717, 1.165) is 12.0 Å². The van der Waals surface area contributed by atoms with Crippen LogP contribution in [0.15, 0.2) is 53.4 Å². The van der Waals surface area contributed by atoms with Gasteiger partial charge in [0.2, 0.25) is 0 Å². The van der Waals surface area contributed by atoms with Gasteiger partial charge in [0.15, 0.2) is 0 Å². The molecule has 2 aromatic rings. The summed E-state index contributed by atoms with van der Waals surface area (Å²) >= 11 is 0. The Hall–Kier alpha value is -1.81. The zero-order valence-electron chi connectivity index (χ0n) is 15.3. The average molecular weight is 360 g/mol. The molecule has 0 fully saturated rings. The van der Waals surface area contributed by atoms with Crippen LogP contribution in [-0.2, 0) is 16.4 Å². The topological polar surface area (TPSA) is 46.2 Å². The summed E-state index contributed by atoms with van der Waals surface area (Å²) in [6, 6.07) is 14.6. The maximum Gasteiger partial charge on any atom is 0.261 e. The molecule has 0 radical (unpaired) electrons. The molecule has 0 unspecified atom stereocenters. The second-order valence-corrected chi connectivity index (χ2v) is 8.32. The molecule has 2 rings (SSSR count). The molecule has 3 nitrogen and oxygen atoms in total. The van der Waals surface area contributed by atoms with E-state index in [1.807, 2.05) is 31.2 Å². The Bertz CT molecular complexity index is 734. The molecule has 0 saturated heterocycles. The summed E-state index contributed by atoms with van der Waals surface area (Å²) in [5.41, 5.74) is 2.90. The van der Waals surface area contributed by atoms with Gasteiger partial charge in [0.25, 0.3) is 10.0 Å². The van der Waals surface area contributed by atoms with Crippen LogP contribution in [-0.4, -0.2) is 8.42 Å². The van der Waals surface area contributed by atoms with E-state index in [1.165, 1.54) is 44.1 Å². The van der Waals surface area contributed by atoms with Gasteiger partial charge in [0.1, 0.15) is 0 Å². The van der Waals surface area contributed by atoms with E-state index < -0.39 is 10.0 Å². The van der Waals surface area contributed by atoms with Crippen molar-refractivity contribution in [2.24, 2.45) is 0 Å². The third kappa shape index (κ3) is 6.54. The maximum absolute atomic E-state index is 12.4. The van der Waals surface area contributed by atoms with Crippen molar-refractivity contribution in [2.45, 2.75) is 63.7 Å².